The van der Waals surface area contributed by atoms with Crippen molar-refractivity contribution in [1.82, 2.24) is 9.55 Å². The molecule has 90 valence electrons. The number of carbonyl (C=O) groups is 1. The first-order valence-electron chi connectivity index (χ1n) is 5.02. The van der Waals surface area contributed by atoms with E-state index in [1.54, 1.807) is 31.5 Å². The Balaban J connectivity index is 2.98. The summed E-state index contributed by atoms with van der Waals surface area (Å²) >= 11 is 0. The highest BCUT2D eigenvalue weighted by molar-refractivity contribution is 5.86. The van der Waals surface area contributed by atoms with Crippen molar-refractivity contribution >= 4 is 11.9 Å². The van der Waals surface area contributed by atoms with Crippen molar-refractivity contribution in [2.75, 3.05) is 11.5 Å². The maximum Gasteiger partial charge on any atom is 0.413 e. The molecule has 1 aromatic rings. The Hall–Kier alpha value is -1.56. The molecule has 1 heterocycles. The summed E-state index contributed by atoms with van der Waals surface area (Å²) in [4.78, 5) is 16.4. The van der Waals surface area contributed by atoms with E-state index in [9.17, 15) is 4.79 Å². The molecule has 0 aliphatic carbocycles. The molecule has 1 aromatic heterocycles. The first kappa shape index (κ1) is 12.5. The number of hydrogen-bond donors (Lipinski definition) is 2. The third-order valence-corrected chi connectivity index (χ3v) is 2.07. The van der Waals surface area contributed by atoms with Crippen molar-refractivity contribution in [3.8, 4) is 0 Å². The SMILES string of the molecule is CC(C)(C)N(C(=O)O)c1cn(CCO)cn1. The summed E-state index contributed by atoms with van der Waals surface area (Å²) in [5.74, 6) is 0.369. The van der Waals surface area contributed by atoms with E-state index in [1.165, 1.54) is 11.2 Å². The number of anilines is 1. The van der Waals surface area contributed by atoms with Crippen LogP contribution in [0.15, 0.2) is 12.5 Å². The molecule has 0 saturated heterocycles. The van der Waals surface area contributed by atoms with Crippen LogP contribution >= 0.6 is 0 Å². The van der Waals surface area contributed by atoms with Crippen molar-refractivity contribution in [2.24, 2.45) is 0 Å². The van der Waals surface area contributed by atoms with E-state index in [4.69, 9.17) is 10.2 Å². The van der Waals surface area contributed by atoms with Gasteiger partial charge in [-0.15, -0.1) is 0 Å². The minimum absolute atomic E-state index is 0.00160. The van der Waals surface area contributed by atoms with Crippen molar-refractivity contribution in [3.05, 3.63) is 12.5 Å². The highest BCUT2D eigenvalue weighted by Crippen LogP contribution is 2.21. The van der Waals surface area contributed by atoms with Crippen molar-refractivity contribution in [1.29, 1.82) is 0 Å². The molecule has 2 N–H and O–H groups in total. The van der Waals surface area contributed by atoms with E-state index in [2.05, 4.69) is 4.98 Å². The highest BCUT2D eigenvalue weighted by atomic mass is 16.4. The second kappa shape index (κ2) is 4.52. The molecule has 0 radical (unpaired) electrons. The minimum Gasteiger partial charge on any atom is -0.465 e. The summed E-state index contributed by atoms with van der Waals surface area (Å²) in [6.45, 7) is 5.80. The van der Waals surface area contributed by atoms with Gasteiger partial charge >= 0.3 is 6.09 Å². The topological polar surface area (TPSA) is 78.6 Å². The van der Waals surface area contributed by atoms with E-state index < -0.39 is 11.6 Å². The number of aliphatic hydroxyl groups excluding tert-OH is 1. The summed E-state index contributed by atoms with van der Waals surface area (Å²) < 4.78 is 1.65. The largest absolute Gasteiger partial charge is 0.465 e. The molecule has 0 bridgehead atoms. The fourth-order valence-electron chi connectivity index (χ4n) is 1.43. The van der Waals surface area contributed by atoms with Crippen LogP contribution in [0.1, 0.15) is 20.8 Å². The molecule has 6 nitrogen and oxygen atoms in total. The highest BCUT2D eigenvalue weighted by Gasteiger charge is 2.29. The number of carboxylic acid groups (broad SMARTS) is 1. The molecule has 0 spiro atoms. The van der Waals surface area contributed by atoms with Crippen LogP contribution in [0.4, 0.5) is 10.6 Å². The van der Waals surface area contributed by atoms with Crippen LogP contribution in [0.3, 0.4) is 0 Å². The summed E-state index contributed by atoms with van der Waals surface area (Å²) in [7, 11) is 0. The van der Waals surface area contributed by atoms with Crippen molar-refractivity contribution < 1.29 is 15.0 Å². The molecule has 0 saturated carbocycles. The van der Waals surface area contributed by atoms with Crippen molar-refractivity contribution in [2.45, 2.75) is 32.9 Å². The van der Waals surface area contributed by atoms with Gasteiger partial charge in [-0.1, -0.05) is 0 Å². The Bertz CT molecular complexity index is 368. The number of imidazole rings is 1. The molecular formula is C10H17N3O3. The lowest BCUT2D eigenvalue weighted by Gasteiger charge is -2.31. The molecule has 1 rings (SSSR count). The molecule has 0 aliphatic heterocycles. The number of rotatable bonds is 3. The Morgan fingerprint density at radius 1 is 1.56 bits per heavy atom. The molecule has 0 fully saturated rings. The lowest BCUT2D eigenvalue weighted by molar-refractivity contribution is 0.195. The fourth-order valence-corrected chi connectivity index (χ4v) is 1.43. The van der Waals surface area contributed by atoms with Crippen LogP contribution in [0.5, 0.6) is 0 Å². The number of aromatic nitrogens is 2. The van der Waals surface area contributed by atoms with E-state index in [1.807, 2.05) is 0 Å². The normalized spacial score (nSPS) is 11.5. The van der Waals surface area contributed by atoms with Crippen LogP contribution in [0.25, 0.3) is 0 Å². The number of hydrogen-bond acceptors (Lipinski definition) is 3. The van der Waals surface area contributed by atoms with Crippen LogP contribution in [-0.2, 0) is 6.54 Å². The maximum absolute atomic E-state index is 11.1. The molecule has 0 atom stereocenters. The van der Waals surface area contributed by atoms with E-state index >= 15 is 0 Å². The van der Waals surface area contributed by atoms with Crippen LogP contribution in [0, 0.1) is 0 Å². The minimum atomic E-state index is -1.04. The summed E-state index contributed by atoms with van der Waals surface area (Å²) in [6.07, 6.45) is 2.07. The van der Waals surface area contributed by atoms with Gasteiger partial charge in [-0.2, -0.15) is 0 Å². The van der Waals surface area contributed by atoms with Gasteiger partial charge in [-0.25, -0.2) is 9.78 Å². The monoisotopic (exact) mass is 227 g/mol. The fraction of sp³-hybridized carbons (Fsp3) is 0.600. The average Bonchev–Trinajstić information content (AvgIpc) is 2.50. The van der Waals surface area contributed by atoms with Gasteiger partial charge in [0.05, 0.1) is 12.9 Å². The number of nitrogens with zero attached hydrogens (tertiary/aromatic N) is 3. The van der Waals surface area contributed by atoms with E-state index in [-0.39, 0.29) is 6.61 Å². The lowest BCUT2D eigenvalue weighted by Crippen LogP contribution is -2.45. The number of aliphatic hydroxyl groups is 1. The number of amides is 1. The molecule has 0 unspecified atom stereocenters. The maximum atomic E-state index is 11.1. The zero-order valence-electron chi connectivity index (χ0n) is 9.71. The smallest absolute Gasteiger partial charge is 0.413 e. The van der Waals surface area contributed by atoms with Gasteiger partial charge in [-0.3, -0.25) is 4.90 Å². The van der Waals surface area contributed by atoms with E-state index in [0.717, 1.165) is 0 Å². The molecule has 16 heavy (non-hydrogen) atoms. The quantitative estimate of drug-likeness (QED) is 0.812. The van der Waals surface area contributed by atoms with Crippen molar-refractivity contribution in [3.63, 3.8) is 0 Å². The summed E-state index contributed by atoms with van der Waals surface area (Å²) in [5.41, 5.74) is -0.551. The lowest BCUT2D eigenvalue weighted by atomic mass is 10.1. The molecule has 0 aromatic carbocycles. The third kappa shape index (κ3) is 2.73. The first-order chi connectivity index (χ1) is 7.36. The van der Waals surface area contributed by atoms with Gasteiger partial charge in [0.25, 0.3) is 0 Å². The van der Waals surface area contributed by atoms with Gasteiger partial charge in [0.2, 0.25) is 0 Å². The summed E-state index contributed by atoms with van der Waals surface area (Å²) in [6, 6.07) is 0. The average molecular weight is 227 g/mol. The second-order valence-corrected chi connectivity index (χ2v) is 4.48. The standard InChI is InChI=1S/C10H17N3O3/c1-10(2,3)13(9(15)16)8-6-12(4-5-14)7-11-8/h6-7,14H,4-5H2,1-3H3,(H,15,16). The van der Waals surface area contributed by atoms with Crippen LogP contribution in [-0.4, -0.2) is 38.0 Å². The summed E-state index contributed by atoms with van der Waals surface area (Å²) in [5, 5.41) is 17.9. The molecule has 1 amide bonds. The predicted octanol–water partition coefficient (Wildman–Crippen LogP) is 1.16. The Kier molecular flexibility index (Phi) is 3.54. The Morgan fingerprint density at radius 2 is 2.19 bits per heavy atom. The first-order valence-corrected chi connectivity index (χ1v) is 5.02. The van der Waals surface area contributed by atoms with Crippen LogP contribution < -0.4 is 4.90 Å². The van der Waals surface area contributed by atoms with Crippen LogP contribution in [0.2, 0.25) is 0 Å². The van der Waals surface area contributed by atoms with Gasteiger partial charge in [-0.05, 0) is 20.8 Å². The second-order valence-electron chi connectivity index (χ2n) is 4.48. The Labute approximate surface area is 94.1 Å². The Morgan fingerprint density at radius 3 is 2.62 bits per heavy atom. The zero-order chi connectivity index (χ0) is 12.3. The van der Waals surface area contributed by atoms with Gasteiger partial charge in [0.1, 0.15) is 0 Å². The van der Waals surface area contributed by atoms with E-state index in [0.29, 0.717) is 12.4 Å². The zero-order valence-corrected chi connectivity index (χ0v) is 9.71. The molecule has 6 heteroatoms. The van der Waals surface area contributed by atoms with Gasteiger partial charge in [0, 0.05) is 18.3 Å². The van der Waals surface area contributed by atoms with Gasteiger partial charge < -0.3 is 14.8 Å². The molecule has 0 aliphatic rings. The molecular weight excluding hydrogens is 210 g/mol. The third-order valence-electron chi connectivity index (χ3n) is 2.07. The van der Waals surface area contributed by atoms with Gasteiger partial charge in [0.15, 0.2) is 5.82 Å². The predicted molar refractivity (Wildman–Crippen MR) is 59.6 cm³/mol.